The minimum Gasteiger partial charge on any atom is -0.373 e. The lowest BCUT2D eigenvalue weighted by atomic mass is 10.2. The van der Waals surface area contributed by atoms with Crippen molar-refractivity contribution in [2.75, 3.05) is 6.61 Å². The van der Waals surface area contributed by atoms with Crippen LogP contribution >= 0.6 is 11.3 Å². The van der Waals surface area contributed by atoms with Gasteiger partial charge >= 0.3 is 0 Å². The van der Waals surface area contributed by atoms with Crippen LogP contribution in [0.2, 0.25) is 0 Å². The summed E-state index contributed by atoms with van der Waals surface area (Å²) in [6.45, 7) is 5.29. The van der Waals surface area contributed by atoms with Gasteiger partial charge in [0.1, 0.15) is 0 Å². The first-order valence-corrected chi connectivity index (χ1v) is 5.13. The van der Waals surface area contributed by atoms with Crippen molar-refractivity contribution < 1.29 is 4.74 Å². The van der Waals surface area contributed by atoms with E-state index in [1.807, 2.05) is 17.5 Å². The van der Waals surface area contributed by atoms with Gasteiger partial charge < -0.3 is 4.74 Å². The Kier molecular flexibility index (Phi) is 2.15. The van der Waals surface area contributed by atoms with Crippen molar-refractivity contribution >= 4 is 11.3 Å². The normalized spacial score (nSPS) is 21.8. The van der Waals surface area contributed by atoms with Gasteiger partial charge in [-0.2, -0.15) is 0 Å². The van der Waals surface area contributed by atoms with Crippen LogP contribution in [0.5, 0.6) is 0 Å². The molecule has 12 heavy (non-hydrogen) atoms. The van der Waals surface area contributed by atoms with Crippen molar-refractivity contribution in [3.05, 3.63) is 16.1 Å². The number of thiazole rings is 1. The fourth-order valence-electron chi connectivity index (χ4n) is 1.09. The second-order valence-corrected chi connectivity index (χ2v) is 4.63. The van der Waals surface area contributed by atoms with E-state index in [0.29, 0.717) is 12.0 Å². The summed E-state index contributed by atoms with van der Waals surface area (Å²) in [5, 5.41) is 1.24. The molecule has 0 aromatic carbocycles. The molecular formula is C9H13NOS. The van der Waals surface area contributed by atoms with E-state index in [-0.39, 0.29) is 0 Å². The molecule has 0 N–H and O–H groups in total. The number of hydrogen-bond acceptors (Lipinski definition) is 3. The molecule has 1 aromatic heterocycles. The molecule has 1 unspecified atom stereocenters. The largest absolute Gasteiger partial charge is 0.373 e. The highest BCUT2D eigenvalue weighted by molar-refractivity contribution is 7.11. The van der Waals surface area contributed by atoms with Gasteiger partial charge in [-0.25, -0.2) is 4.98 Å². The molecule has 66 valence electrons. The van der Waals surface area contributed by atoms with Crippen LogP contribution in [-0.4, -0.2) is 17.7 Å². The van der Waals surface area contributed by atoms with Crippen molar-refractivity contribution in [1.29, 1.82) is 0 Å². The molecule has 0 saturated carbocycles. The highest BCUT2D eigenvalue weighted by Gasteiger charge is 2.23. The van der Waals surface area contributed by atoms with Gasteiger partial charge in [-0.05, 0) is 0 Å². The van der Waals surface area contributed by atoms with Crippen LogP contribution in [0.25, 0.3) is 0 Å². The van der Waals surface area contributed by atoms with E-state index in [9.17, 15) is 0 Å². The van der Waals surface area contributed by atoms with E-state index >= 15 is 0 Å². The summed E-state index contributed by atoms with van der Waals surface area (Å²) in [5.41, 5.74) is 0. The quantitative estimate of drug-likeness (QED) is 0.671. The fourth-order valence-corrected chi connectivity index (χ4v) is 2.08. The van der Waals surface area contributed by atoms with Gasteiger partial charge in [-0.3, -0.25) is 0 Å². The molecular weight excluding hydrogens is 170 g/mol. The minimum atomic E-state index is 0.491. The third-order valence-electron chi connectivity index (χ3n) is 1.90. The van der Waals surface area contributed by atoms with Gasteiger partial charge in [0.15, 0.2) is 0 Å². The average molecular weight is 183 g/mol. The first kappa shape index (κ1) is 8.20. The molecule has 1 aromatic rings. The average Bonchev–Trinajstić information content (AvgIpc) is 2.66. The van der Waals surface area contributed by atoms with Crippen LogP contribution in [0.3, 0.4) is 0 Å². The van der Waals surface area contributed by atoms with Gasteiger partial charge in [0.2, 0.25) is 0 Å². The highest BCUT2D eigenvalue weighted by atomic mass is 32.1. The molecule has 1 atom stereocenters. The standard InChI is InChI=1S/C9H13NOS/c1-6(2)9-10-4-8(12-9)3-7-5-11-7/h4,6-7H,3,5H2,1-2H3. The Balaban J connectivity index is 2.02. The van der Waals surface area contributed by atoms with Crippen LogP contribution in [0.1, 0.15) is 29.7 Å². The van der Waals surface area contributed by atoms with E-state index in [2.05, 4.69) is 18.8 Å². The van der Waals surface area contributed by atoms with Crippen molar-refractivity contribution in [1.82, 2.24) is 4.98 Å². The summed E-state index contributed by atoms with van der Waals surface area (Å²) in [7, 11) is 0. The molecule has 3 heteroatoms. The van der Waals surface area contributed by atoms with Crippen LogP contribution in [0, 0.1) is 0 Å². The summed E-state index contributed by atoms with van der Waals surface area (Å²) >= 11 is 1.82. The molecule has 1 saturated heterocycles. The number of aromatic nitrogens is 1. The molecule has 0 amide bonds. The number of rotatable bonds is 3. The molecule has 2 nitrogen and oxygen atoms in total. The second kappa shape index (κ2) is 3.15. The number of ether oxygens (including phenoxy) is 1. The van der Waals surface area contributed by atoms with Gasteiger partial charge in [0, 0.05) is 23.4 Å². The molecule has 2 rings (SSSR count). The van der Waals surface area contributed by atoms with Crippen molar-refractivity contribution in [2.45, 2.75) is 32.3 Å². The van der Waals surface area contributed by atoms with Gasteiger partial charge in [0.25, 0.3) is 0 Å². The summed E-state index contributed by atoms with van der Waals surface area (Å²) < 4.78 is 5.16. The minimum absolute atomic E-state index is 0.491. The Labute approximate surface area is 76.6 Å². The topological polar surface area (TPSA) is 25.4 Å². The van der Waals surface area contributed by atoms with Gasteiger partial charge in [0.05, 0.1) is 17.7 Å². The molecule has 1 aliphatic rings. The Morgan fingerprint density at radius 3 is 3.00 bits per heavy atom. The highest BCUT2D eigenvalue weighted by Crippen LogP contribution is 2.24. The predicted octanol–water partition coefficient (Wildman–Crippen LogP) is 2.21. The third kappa shape index (κ3) is 1.84. The first-order valence-electron chi connectivity index (χ1n) is 4.32. The Hall–Kier alpha value is -0.410. The molecule has 0 aliphatic carbocycles. The summed E-state index contributed by atoms with van der Waals surface area (Å²) in [5.74, 6) is 0.559. The Bertz CT molecular complexity index is 265. The lowest BCUT2D eigenvalue weighted by Crippen LogP contribution is -1.87. The SMILES string of the molecule is CC(C)c1ncc(CC2CO2)s1. The van der Waals surface area contributed by atoms with E-state index < -0.39 is 0 Å². The molecule has 0 bridgehead atoms. The lowest BCUT2D eigenvalue weighted by molar-refractivity contribution is 0.408. The molecule has 0 spiro atoms. The maximum absolute atomic E-state index is 5.16. The van der Waals surface area contributed by atoms with Crippen LogP contribution in [0.4, 0.5) is 0 Å². The molecule has 1 aliphatic heterocycles. The predicted molar refractivity (Wildman–Crippen MR) is 49.6 cm³/mol. The third-order valence-corrected chi connectivity index (χ3v) is 3.22. The van der Waals surface area contributed by atoms with Crippen molar-refractivity contribution in [3.8, 4) is 0 Å². The van der Waals surface area contributed by atoms with Crippen molar-refractivity contribution in [2.24, 2.45) is 0 Å². The maximum atomic E-state index is 5.16. The van der Waals surface area contributed by atoms with Crippen molar-refractivity contribution in [3.63, 3.8) is 0 Å². The van der Waals surface area contributed by atoms with Crippen LogP contribution in [0.15, 0.2) is 6.20 Å². The lowest BCUT2D eigenvalue weighted by Gasteiger charge is -1.95. The second-order valence-electron chi connectivity index (χ2n) is 3.48. The number of epoxide rings is 1. The van der Waals surface area contributed by atoms with Gasteiger partial charge in [-0.1, -0.05) is 13.8 Å². The smallest absolute Gasteiger partial charge is 0.0953 e. The Morgan fingerprint density at radius 2 is 2.50 bits per heavy atom. The van der Waals surface area contributed by atoms with E-state index in [1.54, 1.807) is 0 Å². The van der Waals surface area contributed by atoms with E-state index in [4.69, 9.17) is 4.74 Å². The van der Waals surface area contributed by atoms with Crippen LogP contribution < -0.4 is 0 Å². The zero-order valence-electron chi connectivity index (χ0n) is 7.41. The Morgan fingerprint density at radius 1 is 1.75 bits per heavy atom. The van der Waals surface area contributed by atoms with E-state index in [1.165, 1.54) is 9.88 Å². The fraction of sp³-hybridized carbons (Fsp3) is 0.667. The monoisotopic (exact) mass is 183 g/mol. The summed E-state index contributed by atoms with van der Waals surface area (Å²) in [6.07, 6.45) is 3.54. The first-order chi connectivity index (χ1) is 5.75. The zero-order valence-corrected chi connectivity index (χ0v) is 8.23. The molecule has 1 fully saturated rings. The number of nitrogens with zero attached hydrogens (tertiary/aromatic N) is 1. The molecule has 0 radical (unpaired) electrons. The zero-order chi connectivity index (χ0) is 8.55. The maximum Gasteiger partial charge on any atom is 0.0953 e. The van der Waals surface area contributed by atoms with Gasteiger partial charge in [-0.15, -0.1) is 11.3 Å². The number of hydrogen-bond donors (Lipinski definition) is 0. The summed E-state index contributed by atoms with van der Waals surface area (Å²) in [4.78, 5) is 5.72. The van der Waals surface area contributed by atoms with Crippen LogP contribution in [-0.2, 0) is 11.2 Å². The van der Waals surface area contributed by atoms with E-state index in [0.717, 1.165) is 13.0 Å². The summed E-state index contributed by atoms with van der Waals surface area (Å²) in [6, 6.07) is 0. The molecule has 2 heterocycles.